The number of aryl methyl sites for hydroxylation is 1. The summed E-state index contributed by atoms with van der Waals surface area (Å²) in [6, 6.07) is 6.90. The fourth-order valence-electron chi connectivity index (χ4n) is 5.69. The van der Waals surface area contributed by atoms with Crippen molar-refractivity contribution in [1.29, 1.82) is 0 Å². The summed E-state index contributed by atoms with van der Waals surface area (Å²) in [6.45, 7) is 4.13. The molecule has 0 bridgehead atoms. The second-order valence-electron chi connectivity index (χ2n) is 9.36. The number of rotatable bonds is 1. The van der Waals surface area contributed by atoms with Crippen LogP contribution in [0.25, 0.3) is 10.9 Å². The maximum atomic E-state index is 13.4. The molecule has 1 amide bonds. The van der Waals surface area contributed by atoms with E-state index in [9.17, 15) is 9.59 Å². The van der Waals surface area contributed by atoms with Crippen LogP contribution in [-0.4, -0.2) is 38.5 Å². The lowest BCUT2D eigenvalue weighted by molar-refractivity contribution is -0.134. The first kappa shape index (κ1) is 17.9. The van der Waals surface area contributed by atoms with Crippen LogP contribution in [0.3, 0.4) is 0 Å². The summed E-state index contributed by atoms with van der Waals surface area (Å²) in [7, 11) is 0. The number of para-hydroxylation sites is 1. The largest absolute Gasteiger partial charge is 0.335 e. The normalized spacial score (nSPS) is 30.2. The molecule has 5 nitrogen and oxygen atoms in total. The van der Waals surface area contributed by atoms with Gasteiger partial charge in [-0.1, -0.05) is 44.4 Å². The monoisotopic (exact) mass is 379 g/mol. The Morgan fingerprint density at radius 2 is 2.00 bits per heavy atom. The minimum Gasteiger partial charge on any atom is -0.335 e. The first-order valence-electron chi connectivity index (χ1n) is 10.8. The zero-order valence-electron chi connectivity index (χ0n) is 16.9. The predicted octanol–water partition coefficient (Wildman–Crippen LogP) is 4.13. The molecule has 3 heterocycles. The summed E-state index contributed by atoms with van der Waals surface area (Å²) in [5.41, 5.74) is 3.01. The van der Waals surface area contributed by atoms with Crippen molar-refractivity contribution in [2.24, 2.45) is 5.41 Å². The molecule has 0 spiro atoms. The SMILES string of the molecule is CC(=O)c1nn2c3c(cccc13)CCCCCC[C@@H]1CC3(C)C[C@H]3N1C(=O)C2. The van der Waals surface area contributed by atoms with Gasteiger partial charge in [-0.15, -0.1) is 0 Å². The van der Waals surface area contributed by atoms with E-state index >= 15 is 0 Å². The maximum Gasteiger partial charge on any atom is 0.244 e. The van der Waals surface area contributed by atoms with E-state index in [0.29, 0.717) is 23.2 Å². The van der Waals surface area contributed by atoms with Crippen LogP contribution in [0.15, 0.2) is 18.2 Å². The van der Waals surface area contributed by atoms with Crippen LogP contribution < -0.4 is 0 Å². The van der Waals surface area contributed by atoms with E-state index in [1.807, 2.05) is 16.8 Å². The van der Waals surface area contributed by atoms with Gasteiger partial charge in [0.05, 0.1) is 5.52 Å². The van der Waals surface area contributed by atoms with E-state index < -0.39 is 0 Å². The number of amides is 1. The van der Waals surface area contributed by atoms with Crippen molar-refractivity contribution in [3.63, 3.8) is 0 Å². The van der Waals surface area contributed by atoms with E-state index in [1.165, 1.54) is 24.8 Å². The van der Waals surface area contributed by atoms with Gasteiger partial charge >= 0.3 is 0 Å². The summed E-state index contributed by atoms with van der Waals surface area (Å²) < 4.78 is 1.82. The Bertz CT molecular complexity index is 962. The van der Waals surface area contributed by atoms with Crippen LogP contribution >= 0.6 is 0 Å². The molecule has 148 valence electrons. The Morgan fingerprint density at radius 1 is 1.18 bits per heavy atom. The zero-order valence-corrected chi connectivity index (χ0v) is 16.9. The maximum absolute atomic E-state index is 13.4. The highest BCUT2D eigenvalue weighted by Crippen LogP contribution is 2.59. The van der Waals surface area contributed by atoms with Crippen molar-refractivity contribution >= 4 is 22.6 Å². The van der Waals surface area contributed by atoms with Gasteiger partial charge in [0.25, 0.3) is 0 Å². The number of benzene rings is 1. The van der Waals surface area contributed by atoms with Gasteiger partial charge in [-0.2, -0.15) is 5.10 Å². The van der Waals surface area contributed by atoms with Gasteiger partial charge in [0, 0.05) is 24.4 Å². The molecule has 2 aliphatic heterocycles. The minimum atomic E-state index is -0.0386. The number of Topliss-reactive ketones (excluding diaryl/α,β-unsaturated/α-hetero) is 1. The predicted molar refractivity (Wildman–Crippen MR) is 108 cm³/mol. The Morgan fingerprint density at radius 3 is 2.82 bits per heavy atom. The average Bonchev–Trinajstić information content (AvgIpc) is 3.03. The van der Waals surface area contributed by atoms with Gasteiger partial charge in [0.15, 0.2) is 5.78 Å². The summed E-state index contributed by atoms with van der Waals surface area (Å²) in [5.74, 6) is 0.132. The molecule has 2 aromatic rings. The molecule has 28 heavy (non-hydrogen) atoms. The Kier molecular flexibility index (Phi) is 4.11. The highest BCUT2D eigenvalue weighted by Gasteiger charge is 2.62. The van der Waals surface area contributed by atoms with Crippen molar-refractivity contribution in [2.75, 3.05) is 0 Å². The highest BCUT2D eigenvalue weighted by atomic mass is 16.2. The molecule has 0 radical (unpaired) electrons. The van der Waals surface area contributed by atoms with Gasteiger partial charge < -0.3 is 4.90 Å². The third-order valence-corrected chi connectivity index (χ3v) is 7.23. The molecule has 1 unspecified atom stereocenters. The Hall–Kier alpha value is -2.17. The lowest BCUT2D eigenvalue weighted by Gasteiger charge is -2.28. The molecular formula is C23H29N3O2. The van der Waals surface area contributed by atoms with Gasteiger partial charge in [0.2, 0.25) is 5.91 Å². The van der Waals surface area contributed by atoms with Crippen molar-refractivity contribution in [3.8, 4) is 0 Å². The van der Waals surface area contributed by atoms with Crippen LogP contribution in [0.4, 0.5) is 0 Å². The lowest BCUT2D eigenvalue weighted by Crippen LogP contribution is -2.40. The molecule has 3 aliphatic rings. The molecule has 5 heteroatoms. The Labute approximate surface area is 166 Å². The summed E-state index contributed by atoms with van der Waals surface area (Å²) in [4.78, 5) is 27.7. The van der Waals surface area contributed by atoms with Gasteiger partial charge in [-0.05, 0) is 43.1 Å². The highest BCUT2D eigenvalue weighted by molar-refractivity contribution is 6.05. The van der Waals surface area contributed by atoms with Gasteiger partial charge in [-0.3, -0.25) is 14.3 Å². The van der Waals surface area contributed by atoms with Crippen LogP contribution in [0.2, 0.25) is 0 Å². The number of ketones is 1. The molecular weight excluding hydrogens is 350 g/mol. The van der Waals surface area contributed by atoms with Crippen LogP contribution in [-0.2, 0) is 17.8 Å². The first-order valence-corrected chi connectivity index (χ1v) is 10.8. The van der Waals surface area contributed by atoms with E-state index in [1.54, 1.807) is 6.92 Å². The molecule has 0 N–H and O–H groups in total. The molecule has 1 aromatic heterocycles. The Balaban J connectivity index is 1.58. The quantitative estimate of drug-likeness (QED) is 0.700. The molecule has 1 aromatic carbocycles. The minimum absolute atomic E-state index is 0.0386. The molecule has 1 saturated carbocycles. The number of piperidine rings is 1. The fraction of sp³-hybridized carbons (Fsp3) is 0.609. The molecule has 2 fully saturated rings. The van der Waals surface area contributed by atoms with E-state index in [-0.39, 0.29) is 18.2 Å². The number of carbonyl (C=O) groups is 2. The third-order valence-electron chi connectivity index (χ3n) is 7.23. The van der Waals surface area contributed by atoms with Crippen molar-refractivity contribution in [3.05, 3.63) is 29.5 Å². The van der Waals surface area contributed by atoms with Crippen molar-refractivity contribution in [1.82, 2.24) is 14.7 Å². The molecule has 1 saturated heterocycles. The van der Waals surface area contributed by atoms with Gasteiger partial charge in [0.1, 0.15) is 12.2 Å². The number of hydrogen-bond donors (Lipinski definition) is 0. The third kappa shape index (κ3) is 2.78. The van der Waals surface area contributed by atoms with Gasteiger partial charge in [-0.25, -0.2) is 0 Å². The second kappa shape index (κ2) is 6.43. The van der Waals surface area contributed by atoms with Crippen molar-refractivity contribution in [2.45, 2.75) is 83.8 Å². The van der Waals surface area contributed by atoms with Crippen LogP contribution in [0.5, 0.6) is 0 Å². The summed E-state index contributed by atoms with van der Waals surface area (Å²) in [6.07, 6.45) is 9.18. The molecule has 5 rings (SSSR count). The topological polar surface area (TPSA) is 55.2 Å². The first-order chi connectivity index (χ1) is 13.5. The fourth-order valence-corrected chi connectivity index (χ4v) is 5.69. The van der Waals surface area contributed by atoms with E-state index in [4.69, 9.17) is 0 Å². The second-order valence-corrected chi connectivity index (χ2v) is 9.36. The number of fused-ring (bicyclic) bond motifs is 3. The van der Waals surface area contributed by atoms with Crippen LogP contribution in [0.1, 0.15) is 74.8 Å². The molecule has 1 aliphatic carbocycles. The molecule has 3 atom stereocenters. The number of nitrogens with zero attached hydrogens (tertiary/aromatic N) is 3. The smallest absolute Gasteiger partial charge is 0.244 e. The standard InChI is InChI=1S/C23H29N3O2/c1-15(27)21-18-11-7-9-16-8-5-3-4-6-10-17-12-23(2)13-19(23)26(17)20(28)14-25(24-21)22(16)18/h7,9,11,17,19H,3-6,8,10,12-14H2,1-2H3/t17-,19-,23?/m1/s1. The number of hydrogen-bond acceptors (Lipinski definition) is 3. The summed E-state index contributed by atoms with van der Waals surface area (Å²) >= 11 is 0. The van der Waals surface area contributed by atoms with E-state index in [0.717, 1.165) is 43.0 Å². The summed E-state index contributed by atoms with van der Waals surface area (Å²) in [5, 5.41) is 5.50. The van der Waals surface area contributed by atoms with Crippen molar-refractivity contribution < 1.29 is 9.59 Å². The zero-order chi connectivity index (χ0) is 19.5. The van der Waals surface area contributed by atoms with E-state index in [2.05, 4.69) is 23.0 Å². The lowest BCUT2D eigenvalue weighted by atomic mass is 9.97. The average molecular weight is 380 g/mol. The number of carbonyl (C=O) groups excluding carboxylic acids is 2. The number of aromatic nitrogens is 2. The van der Waals surface area contributed by atoms with Crippen LogP contribution in [0, 0.1) is 5.41 Å².